The number of carbonyl (C=O) groups is 4. The van der Waals surface area contributed by atoms with Crippen LogP contribution in [0.2, 0.25) is 0 Å². The highest BCUT2D eigenvalue weighted by atomic mass is 16.6. The molecule has 308 valence electrons. The van der Waals surface area contributed by atoms with E-state index in [1.54, 1.807) is 4.90 Å². The molecule has 3 amide bonds. The number of unbranched alkanes of at least 4 members (excludes halogenated alkanes) is 2. The maximum atomic E-state index is 13.5. The minimum Gasteiger partial charge on any atom is -0.488 e. The van der Waals surface area contributed by atoms with Crippen molar-refractivity contribution >= 4 is 35.0 Å². The molecule has 2 aromatic rings. The minimum atomic E-state index is -0.859. The van der Waals surface area contributed by atoms with Gasteiger partial charge < -0.3 is 43.8 Å². The van der Waals surface area contributed by atoms with Crippen molar-refractivity contribution in [1.82, 2.24) is 20.1 Å². The highest BCUT2D eigenvalue weighted by molar-refractivity contribution is 5.91. The van der Waals surface area contributed by atoms with Gasteiger partial charge in [0.1, 0.15) is 35.6 Å². The molecule has 6 rings (SSSR count). The molecule has 6 unspecified atom stereocenters. The molecule has 0 radical (unpaired) electrons. The topological polar surface area (TPSA) is 166 Å². The Kier molecular flexibility index (Phi) is 12.6. The Bertz CT molecular complexity index is 1800. The SMILES string of the molecule is COC(=O)C1CCCN1C(=O)C(NC(=O)OC1CC1CCCCCc1c(OC2C3COCC2CN(C(=O)OC(C)(C)C)C3)c2ccccc2[nH]c1=O)C(C)(C)C. The second kappa shape index (κ2) is 17.0. The van der Waals surface area contributed by atoms with Crippen molar-refractivity contribution in [2.75, 3.05) is 40.0 Å². The normalized spacial score (nSPS) is 25.3. The van der Waals surface area contributed by atoms with E-state index in [1.807, 2.05) is 65.8 Å². The molecule has 4 aliphatic rings. The first kappa shape index (κ1) is 41.3. The van der Waals surface area contributed by atoms with Gasteiger partial charge in [0.25, 0.3) is 5.56 Å². The van der Waals surface area contributed by atoms with E-state index in [1.165, 1.54) is 12.0 Å². The van der Waals surface area contributed by atoms with Gasteiger partial charge in [-0.1, -0.05) is 45.7 Å². The van der Waals surface area contributed by atoms with E-state index in [0.717, 1.165) is 37.5 Å². The third-order valence-electron chi connectivity index (χ3n) is 11.4. The van der Waals surface area contributed by atoms with Crippen molar-refractivity contribution in [2.45, 2.75) is 123 Å². The number of nitrogens with one attached hydrogen (secondary N) is 2. The van der Waals surface area contributed by atoms with Crippen LogP contribution in [0.5, 0.6) is 5.75 Å². The zero-order valence-corrected chi connectivity index (χ0v) is 34.0. The smallest absolute Gasteiger partial charge is 0.410 e. The Labute approximate surface area is 329 Å². The van der Waals surface area contributed by atoms with Gasteiger partial charge in [-0.15, -0.1) is 0 Å². The predicted octanol–water partition coefficient (Wildman–Crippen LogP) is 5.59. The minimum absolute atomic E-state index is 0.0689. The molecular formula is C42H60N4O10. The summed E-state index contributed by atoms with van der Waals surface area (Å²) >= 11 is 0. The van der Waals surface area contributed by atoms with Crippen LogP contribution >= 0.6 is 0 Å². The molecule has 3 saturated heterocycles. The number of para-hydroxylation sites is 1. The first-order valence-electron chi connectivity index (χ1n) is 20.3. The summed E-state index contributed by atoms with van der Waals surface area (Å²) in [7, 11) is 1.31. The van der Waals surface area contributed by atoms with Crippen molar-refractivity contribution in [2.24, 2.45) is 23.2 Å². The quantitative estimate of drug-likeness (QED) is 0.158. The van der Waals surface area contributed by atoms with E-state index in [2.05, 4.69) is 10.3 Å². The average molecular weight is 781 g/mol. The summed E-state index contributed by atoms with van der Waals surface area (Å²) in [5, 5.41) is 3.65. The molecule has 1 aromatic carbocycles. The molecule has 4 fully saturated rings. The number of fused-ring (bicyclic) bond motifs is 3. The predicted molar refractivity (Wildman–Crippen MR) is 208 cm³/mol. The number of aromatic amines is 1. The molecule has 3 aliphatic heterocycles. The van der Waals surface area contributed by atoms with Crippen molar-refractivity contribution in [3.8, 4) is 5.75 Å². The van der Waals surface area contributed by atoms with E-state index in [9.17, 15) is 24.0 Å². The Morgan fingerprint density at radius 1 is 1.00 bits per heavy atom. The van der Waals surface area contributed by atoms with E-state index >= 15 is 0 Å². The Morgan fingerprint density at radius 2 is 1.71 bits per heavy atom. The van der Waals surface area contributed by atoms with Gasteiger partial charge in [-0.3, -0.25) is 9.59 Å². The van der Waals surface area contributed by atoms with Crippen LogP contribution in [0.25, 0.3) is 10.9 Å². The molecule has 6 atom stereocenters. The van der Waals surface area contributed by atoms with Crippen molar-refractivity contribution in [1.29, 1.82) is 0 Å². The summed E-state index contributed by atoms with van der Waals surface area (Å²) in [6, 6.07) is 6.18. The van der Waals surface area contributed by atoms with E-state index in [-0.39, 0.29) is 47.5 Å². The van der Waals surface area contributed by atoms with E-state index < -0.39 is 35.2 Å². The standard InChI is InChI=1S/C42H60N4O10/c1-41(2,3)35(37(48)46-19-13-18-31(46)38(49)52-7)44-39(50)54-32-20-25(32)14-9-8-10-16-29-34(28-15-11-12-17-30(28)43-36(29)47)55-33-26-21-45(22-27(33)24-53-23-26)40(51)56-42(4,5)6/h11-12,15,17,25-27,31-33,35H,8-10,13-14,16,18-24H2,1-7H3,(H,43,47)(H,44,50). The fourth-order valence-electron chi connectivity index (χ4n) is 8.39. The molecule has 56 heavy (non-hydrogen) atoms. The molecular weight excluding hydrogens is 720 g/mol. The number of piperidine rings is 1. The zero-order chi connectivity index (χ0) is 40.4. The van der Waals surface area contributed by atoms with Gasteiger partial charge in [0.2, 0.25) is 5.91 Å². The number of aromatic nitrogens is 1. The third-order valence-corrected chi connectivity index (χ3v) is 11.4. The number of hydrogen-bond acceptors (Lipinski definition) is 10. The number of hydrogen-bond donors (Lipinski definition) is 2. The Hall–Kier alpha value is -4.33. The van der Waals surface area contributed by atoms with Gasteiger partial charge >= 0.3 is 18.2 Å². The number of carbonyl (C=O) groups excluding carboxylic acids is 4. The maximum absolute atomic E-state index is 13.5. The monoisotopic (exact) mass is 780 g/mol. The van der Waals surface area contributed by atoms with Crippen LogP contribution in [0.15, 0.2) is 29.1 Å². The van der Waals surface area contributed by atoms with Crippen molar-refractivity contribution < 1.29 is 42.9 Å². The number of nitrogens with zero attached hydrogens (tertiary/aromatic N) is 2. The van der Waals surface area contributed by atoms with E-state index in [0.29, 0.717) is 68.9 Å². The molecule has 4 heterocycles. The lowest BCUT2D eigenvalue weighted by Crippen LogP contribution is -2.59. The lowest BCUT2D eigenvalue weighted by atomic mass is 9.84. The molecule has 2 N–H and O–H groups in total. The highest BCUT2D eigenvalue weighted by Gasteiger charge is 2.46. The molecule has 1 aliphatic carbocycles. The summed E-state index contributed by atoms with van der Waals surface area (Å²) in [6.45, 7) is 13.4. The van der Waals surface area contributed by atoms with Gasteiger partial charge in [0.05, 0.1) is 31.4 Å². The Balaban J connectivity index is 1.01. The van der Waals surface area contributed by atoms with Crippen LogP contribution in [-0.4, -0.2) is 109 Å². The van der Waals surface area contributed by atoms with Crippen LogP contribution in [0.4, 0.5) is 9.59 Å². The lowest BCUT2D eigenvalue weighted by molar-refractivity contribution is -0.152. The van der Waals surface area contributed by atoms with Crippen LogP contribution in [0, 0.1) is 23.2 Å². The number of ether oxygens (including phenoxy) is 5. The second-order valence-corrected chi connectivity index (χ2v) is 18.0. The zero-order valence-electron chi connectivity index (χ0n) is 34.0. The number of alkyl carbamates (subject to hydrolysis) is 1. The summed E-state index contributed by atoms with van der Waals surface area (Å²) in [6.07, 6.45) is 4.58. The highest BCUT2D eigenvalue weighted by Crippen LogP contribution is 2.39. The summed E-state index contributed by atoms with van der Waals surface area (Å²) in [4.78, 5) is 71.7. The number of benzene rings is 1. The lowest BCUT2D eigenvalue weighted by Gasteiger charge is -2.46. The first-order valence-corrected chi connectivity index (χ1v) is 20.3. The Morgan fingerprint density at radius 3 is 2.39 bits per heavy atom. The number of rotatable bonds is 12. The molecule has 14 heteroatoms. The van der Waals surface area contributed by atoms with Crippen molar-refractivity contribution in [3.05, 3.63) is 40.2 Å². The summed E-state index contributed by atoms with van der Waals surface area (Å²) in [5.41, 5.74) is -0.0210. The van der Waals surface area contributed by atoms with E-state index in [4.69, 9.17) is 23.7 Å². The summed E-state index contributed by atoms with van der Waals surface area (Å²) < 4.78 is 29.1. The fourth-order valence-corrected chi connectivity index (χ4v) is 8.39. The largest absolute Gasteiger partial charge is 0.488 e. The number of methoxy groups -OCH3 is 1. The molecule has 1 aromatic heterocycles. The van der Waals surface area contributed by atoms with Crippen LogP contribution < -0.4 is 15.6 Å². The second-order valence-electron chi connectivity index (χ2n) is 18.0. The van der Waals surface area contributed by atoms with Gasteiger partial charge in [0, 0.05) is 36.9 Å². The van der Waals surface area contributed by atoms with Crippen LogP contribution in [0.3, 0.4) is 0 Å². The average Bonchev–Trinajstić information content (AvgIpc) is 3.65. The fraction of sp³-hybridized carbons (Fsp3) is 0.690. The van der Waals surface area contributed by atoms with Crippen molar-refractivity contribution in [3.63, 3.8) is 0 Å². The molecule has 2 bridgehead atoms. The number of H-pyrrole nitrogens is 1. The number of likely N-dealkylation sites (tertiary alicyclic amines) is 2. The van der Waals surface area contributed by atoms with Gasteiger partial charge in [0.15, 0.2) is 0 Å². The van der Waals surface area contributed by atoms with Gasteiger partial charge in [-0.2, -0.15) is 0 Å². The number of esters is 1. The number of pyridine rings is 1. The van der Waals surface area contributed by atoms with Crippen LogP contribution in [0.1, 0.15) is 92.1 Å². The maximum Gasteiger partial charge on any atom is 0.410 e. The third kappa shape index (κ3) is 9.78. The number of amides is 3. The van der Waals surface area contributed by atoms with Gasteiger partial charge in [-0.05, 0) is 82.8 Å². The molecule has 1 saturated carbocycles. The first-order chi connectivity index (χ1) is 26.5. The summed E-state index contributed by atoms with van der Waals surface area (Å²) in [5.74, 6) is -0.0503. The van der Waals surface area contributed by atoms with Gasteiger partial charge in [-0.25, -0.2) is 14.4 Å². The molecule has 14 nitrogen and oxygen atoms in total. The molecule has 0 spiro atoms. The van der Waals surface area contributed by atoms with Crippen LogP contribution in [-0.2, 0) is 35.0 Å².